The molecule has 0 radical (unpaired) electrons. The van der Waals surface area contributed by atoms with E-state index < -0.39 is 11.6 Å². The van der Waals surface area contributed by atoms with Crippen LogP contribution in [-0.4, -0.2) is 32.8 Å². The quantitative estimate of drug-likeness (QED) is 0.441. The van der Waals surface area contributed by atoms with Crippen LogP contribution in [0.25, 0.3) is 22.3 Å². The predicted octanol–water partition coefficient (Wildman–Crippen LogP) is 1.50. The summed E-state index contributed by atoms with van der Waals surface area (Å²) in [7, 11) is 1.81. The number of carbonyl (C=O) groups is 1. The van der Waals surface area contributed by atoms with Gasteiger partial charge < -0.3 is 24.8 Å². The van der Waals surface area contributed by atoms with E-state index in [4.69, 9.17) is 9.72 Å². The first kappa shape index (κ1) is 18.8. The molecule has 8 heteroatoms. The molecule has 4 heterocycles. The van der Waals surface area contributed by atoms with Gasteiger partial charge in [0.1, 0.15) is 12.4 Å². The Labute approximate surface area is 171 Å². The van der Waals surface area contributed by atoms with Crippen LogP contribution >= 0.6 is 0 Å². The first-order valence-electron chi connectivity index (χ1n) is 9.85. The third-order valence-corrected chi connectivity index (χ3v) is 6.11. The third-order valence-electron chi connectivity index (χ3n) is 6.11. The summed E-state index contributed by atoms with van der Waals surface area (Å²) >= 11 is 0. The molecule has 5 rings (SSSR count). The number of phenols is 1. The summed E-state index contributed by atoms with van der Waals surface area (Å²) in [6.07, 6.45) is 0.0991. The minimum Gasteiger partial charge on any atom is -0.507 e. The lowest BCUT2D eigenvalue weighted by Gasteiger charge is -2.31. The van der Waals surface area contributed by atoms with Gasteiger partial charge in [0.2, 0.25) is 0 Å². The number of nitrogens with one attached hydrogen (secondary N) is 1. The first-order valence-corrected chi connectivity index (χ1v) is 9.85. The van der Waals surface area contributed by atoms with E-state index >= 15 is 0 Å². The number of aliphatic hydroxyl groups is 1. The topological polar surface area (TPSA) is 114 Å². The van der Waals surface area contributed by atoms with Gasteiger partial charge in [0.15, 0.2) is 5.60 Å². The zero-order valence-corrected chi connectivity index (χ0v) is 16.7. The summed E-state index contributed by atoms with van der Waals surface area (Å²) < 4.78 is 6.67. The highest BCUT2D eigenvalue weighted by Gasteiger charge is 2.45. The van der Waals surface area contributed by atoms with E-state index in [1.165, 1.54) is 0 Å². The molecular formula is C22H21N3O5. The fourth-order valence-electron chi connectivity index (χ4n) is 4.42. The number of esters is 1. The van der Waals surface area contributed by atoms with Crippen LogP contribution in [0.4, 0.5) is 0 Å². The fraction of sp³-hybridized carbons (Fsp3) is 0.318. The van der Waals surface area contributed by atoms with Crippen molar-refractivity contribution in [3.8, 4) is 17.1 Å². The highest BCUT2D eigenvalue weighted by atomic mass is 16.6. The predicted molar refractivity (Wildman–Crippen MR) is 109 cm³/mol. The van der Waals surface area contributed by atoms with E-state index in [0.29, 0.717) is 46.5 Å². The molecule has 1 unspecified atom stereocenters. The maximum Gasteiger partial charge on any atom is 0.343 e. The molecule has 1 aromatic carbocycles. The highest BCUT2D eigenvalue weighted by molar-refractivity contribution is 5.90. The van der Waals surface area contributed by atoms with Crippen molar-refractivity contribution in [1.29, 1.82) is 0 Å². The van der Waals surface area contributed by atoms with Crippen LogP contribution in [0.15, 0.2) is 29.1 Å². The molecule has 3 aromatic rings. The molecule has 2 aliphatic heterocycles. The molecule has 0 fully saturated rings. The lowest BCUT2D eigenvalue weighted by Crippen LogP contribution is -2.44. The number of nitrogens with zero attached hydrogens (tertiary/aromatic N) is 2. The molecule has 0 bridgehead atoms. The lowest BCUT2D eigenvalue weighted by atomic mass is 9.86. The van der Waals surface area contributed by atoms with Gasteiger partial charge in [-0.2, -0.15) is 0 Å². The molecule has 2 aliphatic rings. The molecule has 3 N–H and O–H groups in total. The first-order chi connectivity index (χ1) is 14.4. The Bertz CT molecular complexity index is 1300. The standard InChI is InChI=1S/C22H21N3O5/c1-3-22(29)15-7-17-18-12(9-25(17)20(27)14(15)10-30-21(22)28)6-13-16(24-18)5-4-11(8-23-2)19(13)26/h4-7,23,26,29H,3,8-10H2,1-2H3. The number of hydrogen-bond donors (Lipinski definition) is 3. The number of rotatable bonds is 3. The minimum atomic E-state index is -1.84. The van der Waals surface area contributed by atoms with Gasteiger partial charge in [0, 0.05) is 28.6 Å². The largest absolute Gasteiger partial charge is 0.507 e. The van der Waals surface area contributed by atoms with Crippen LogP contribution in [0, 0.1) is 0 Å². The molecule has 0 saturated carbocycles. The average Bonchev–Trinajstić information content (AvgIpc) is 3.10. The molecule has 2 aromatic heterocycles. The Morgan fingerprint density at radius 3 is 2.83 bits per heavy atom. The number of carbonyl (C=O) groups excluding carboxylic acids is 1. The number of phenolic OH excluding ortho intramolecular Hbond substituents is 1. The fourth-order valence-corrected chi connectivity index (χ4v) is 4.42. The second-order valence-corrected chi connectivity index (χ2v) is 7.77. The summed E-state index contributed by atoms with van der Waals surface area (Å²) in [5.41, 5.74) is 1.77. The second kappa shape index (κ2) is 6.38. The van der Waals surface area contributed by atoms with Crippen LogP contribution in [-0.2, 0) is 34.8 Å². The van der Waals surface area contributed by atoms with Gasteiger partial charge in [-0.25, -0.2) is 9.78 Å². The van der Waals surface area contributed by atoms with Crippen molar-refractivity contribution in [2.45, 2.75) is 38.6 Å². The number of pyridine rings is 2. The SMILES string of the molecule is CCC1(O)C(=O)OCc2c1cc1n(c2=O)Cc2cc3c(O)c(CNC)ccc3nc2-1. The van der Waals surface area contributed by atoms with Gasteiger partial charge in [-0.05, 0) is 31.7 Å². The van der Waals surface area contributed by atoms with Crippen molar-refractivity contribution in [2.24, 2.45) is 0 Å². The van der Waals surface area contributed by atoms with Gasteiger partial charge in [-0.15, -0.1) is 0 Å². The van der Waals surface area contributed by atoms with E-state index in [1.807, 2.05) is 18.2 Å². The van der Waals surface area contributed by atoms with Crippen LogP contribution in [0.1, 0.15) is 35.6 Å². The van der Waals surface area contributed by atoms with E-state index in [9.17, 15) is 19.8 Å². The summed E-state index contributed by atoms with van der Waals surface area (Å²) in [5.74, 6) is -0.576. The normalized spacial score (nSPS) is 19.4. The summed E-state index contributed by atoms with van der Waals surface area (Å²) in [6.45, 7) is 2.34. The van der Waals surface area contributed by atoms with Crippen LogP contribution < -0.4 is 10.9 Å². The smallest absolute Gasteiger partial charge is 0.343 e. The van der Waals surface area contributed by atoms with Gasteiger partial charge in [0.05, 0.1) is 29.0 Å². The number of aromatic hydroxyl groups is 1. The van der Waals surface area contributed by atoms with Crippen molar-refractivity contribution >= 4 is 16.9 Å². The number of benzene rings is 1. The molecule has 0 aliphatic carbocycles. The Hall–Kier alpha value is -3.23. The lowest BCUT2D eigenvalue weighted by molar-refractivity contribution is -0.172. The van der Waals surface area contributed by atoms with E-state index in [2.05, 4.69) is 5.32 Å². The number of hydrogen-bond acceptors (Lipinski definition) is 7. The maximum absolute atomic E-state index is 13.2. The Morgan fingerprint density at radius 1 is 1.30 bits per heavy atom. The van der Waals surface area contributed by atoms with Crippen LogP contribution in [0.2, 0.25) is 0 Å². The van der Waals surface area contributed by atoms with Gasteiger partial charge in [-0.3, -0.25) is 4.79 Å². The number of cyclic esters (lactones) is 1. The van der Waals surface area contributed by atoms with Gasteiger partial charge >= 0.3 is 5.97 Å². The number of fused-ring (bicyclic) bond motifs is 5. The maximum atomic E-state index is 13.2. The molecule has 30 heavy (non-hydrogen) atoms. The molecule has 0 saturated heterocycles. The molecule has 154 valence electrons. The molecule has 8 nitrogen and oxygen atoms in total. The Morgan fingerprint density at radius 2 is 2.10 bits per heavy atom. The van der Waals surface area contributed by atoms with Crippen LogP contribution in [0.5, 0.6) is 5.75 Å². The van der Waals surface area contributed by atoms with E-state index in [0.717, 1.165) is 11.1 Å². The van der Waals surface area contributed by atoms with E-state index in [-0.39, 0.29) is 24.3 Å². The Kier molecular flexibility index (Phi) is 4.00. The molecule has 0 spiro atoms. The zero-order valence-electron chi connectivity index (χ0n) is 16.7. The van der Waals surface area contributed by atoms with Crippen molar-refractivity contribution in [1.82, 2.24) is 14.9 Å². The second-order valence-electron chi connectivity index (χ2n) is 7.77. The van der Waals surface area contributed by atoms with Crippen molar-refractivity contribution < 1.29 is 19.7 Å². The van der Waals surface area contributed by atoms with Gasteiger partial charge in [0.25, 0.3) is 5.56 Å². The van der Waals surface area contributed by atoms with Crippen LogP contribution in [0.3, 0.4) is 0 Å². The molecule has 1 atom stereocenters. The van der Waals surface area contributed by atoms with Crippen molar-refractivity contribution in [3.63, 3.8) is 0 Å². The summed E-state index contributed by atoms with van der Waals surface area (Å²) in [6, 6.07) is 7.18. The third kappa shape index (κ3) is 2.37. The monoisotopic (exact) mass is 407 g/mol. The summed E-state index contributed by atoms with van der Waals surface area (Å²) in [4.78, 5) is 30.1. The minimum absolute atomic E-state index is 0.0991. The average molecular weight is 407 g/mol. The molecular weight excluding hydrogens is 386 g/mol. The van der Waals surface area contributed by atoms with E-state index in [1.54, 1.807) is 24.6 Å². The Balaban J connectivity index is 1.74. The van der Waals surface area contributed by atoms with Crippen molar-refractivity contribution in [3.05, 3.63) is 56.9 Å². The zero-order chi connectivity index (χ0) is 21.2. The summed E-state index contributed by atoms with van der Waals surface area (Å²) in [5, 5.41) is 25.2. The number of ether oxygens (including phenoxy) is 1. The number of aromatic nitrogens is 2. The van der Waals surface area contributed by atoms with Crippen molar-refractivity contribution in [2.75, 3.05) is 7.05 Å². The highest BCUT2D eigenvalue weighted by Crippen LogP contribution is 2.39. The molecule has 0 amide bonds. The van der Waals surface area contributed by atoms with Gasteiger partial charge in [-0.1, -0.05) is 13.0 Å².